The van der Waals surface area contributed by atoms with Gasteiger partial charge in [-0.3, -0.25) is 4.79 Å². The van der Waals surface area contributed by atoms with Gasteiger partial charge in [-0.25, -0.2) is 0 Å². The van der Waals surface area contributed by atoms with E-state index in [0.29, 0.717) is 54.5 Å². The minimum absolute atomic E-state index is 0.194. The lowest BCUT2D eigenvalue weighted by Gasteiger charge is -2.31. The van der Waals surface area contributed by atoms with Crippen molar-refractivity contribution in [3.05, 3.63) is 155 Å². The number of hydrogen-bond acceptors (Lipinski definition) is 5. The molecule has 0 radical (unpaired) electrons. The van der Waals surface area contributed by atoms with Crippen LogP contribution < -0.4 is 25.8 Å². The number of anilines is 2. The van der Waals surface area contributed by atoms with E-state index in [1.807, 2.05) is 80.6 Å². The first-order valence-electron chi connectivity index (χ1n) is 15.8. The second-order valence-electron chi connectivity index (χ2n) is 11.5. The lowest BCUT2D eigenvalue weighted by Crippen LogP contribution is -2.41. The second-order valence-corrected chi connectivity index (χ2v) is 11.5. The van der Waals surface area contributed by atoms with Gasteiger partial charge in [-0.2, -0.15) is 0 Å². The Morgan fingerprint density at radius 3 is 1.78 bits per heavy atom. The Kier molecular flexibility index (Phi) is 9.18. The van der Waals surface area contributed by atoms with Crippen molar-refractivity contribution >= 4 is 28.6 Å². The molecule has 1 amide bonds. The Morgan fingerprint density at radius 2 is 1.24 bits per heavy atom. The molecule has 1 heterocycles. The Bertz CT molecular complexity index is 1780. The molecule has 0 spiro atoms. The summed E-state index contributed by atoms with van der Waals surface area (Å²) < 4.78 is 11.7. The van der Waals surface area contributed by atoms with Crippen molar-refractivity contribution < 1.29 is 14.3 Å². The topological polar surface area (TPSA) is 85.6 Å². The van der Waals surface area contributed by atoms with Crippen LogP contribution in [0.5, 0.6) is 11.5 Å². The van der Waals surface area contributed by atoms with Crippen LogP contribution in [0.4, 0.5) is 11.4 Å². The predicted molar refractivity (Wildman–Crippen MR) is 187 cm³/mol. The van der Waals surface area contributed by atoms with Gasteiger partial charge in [0.25, 0.3) is 5.91 Å². The number of fused-ring (bicyclic) bond motifs is 1. The minimum Gasteiger partial charge on any atom is -0.490 e. The zero-order chi connectivity index (χ0) is 31.9. The summed E-state index contributed by atoms with van der Waals surface area (Å²) in [5.74, 6) is 1.01. The van der Waals surface area contributed by atoms with Crippen LogP contribution in [0.15, 0.2) is 127 Å². The summed E-state index contributed by atoms with van der Waals surface area (Å²) in [7, 11) is 0. The third kappa shape index (κ3) is 6.67. The quantitative estimate of drug-likeness (QED) is 0.125. The average molecular weight is 610 g/mol. The van der Waals surface area contributed by atoms with Crippen LogP contribution in [0, 0.1) is 0 Å². The molecule has 6 nitrogen and oxygen atoms in total. The fourth-order valence-electron chi connectivity index (χ4n) is 6.06. The molecule has 0 fully saturated rings. The van der Waals surface area contributed by atoms with Crippen molar-refractivity contribution in [1.82, 2.24) is 0 Å². The minimum atomic E-state index is -0.625. The molecule has 0 aliphatic carbocycles. The molecule has 6 rings (SSSR count). The van der Waals surface area contributed by atoms with Gasteiger partial charge in [0, 0.05) is 22.9 Å². The van der Waals surface area contributed by atoms with Gasteiger partial charge in [0.2, 0.25) is 0 Å². The van der Waals surface area contributed by atoms with Gasteiger partial charge in [0.1, 0.15) is 0 Å². The van der Waals surface area contributed by atoms with E-state index in [0.717, 1.165) is 22.4 Å². The third-order valence-corrected chi connectivity index (χ3v) is 8.19. The molecule has 0 bridgehead atoms. The SMILES string of the molecule is CCOc1cc2c(cc1OCC)/C(=C(/Nc1ccc(C(N)(Cc3ccccc3)Cc3ccccc3)cc1)c1ccccc1)C(=O)N2. The van der Waals surface area contributed by atoms with E-state index in [2.05, 4.69) is 71.3 Å². The summed E-state index contributed by atoms with van der Waals surface area (Å²) in [6, 6.07) is 42.6. The summed E-state index contributed by atoms with van der Waals surface area (Å²) in [4.78, 5) is 13.6. The summed E-state index contributed by atoms with van der Waals surface area (Å²) in [6.07, 6.45) is 1.38. The number of rotatable bonds is 12. The molecule has 0 aromatic heterocycles. The molecule has 0 saturated heterocycles. The smallest absolute Gasteiger partial charge is 0.258 e. The maximum atomic E-state index is 13.6. The number of nitrogens with two attached hydrogens (primary N) is 1. The van der Waals surface area contributed by atoms with E-state index in [4.69, 9.17) is 15.2 Å². The zero-order valence-corrected chi connectivity index (χ0v) is 26.3. The van der Waals surface area contributed by atoms with Gasteiger partial charge in [-0.1, -0.05) is 103 Å². The fourth-order valence-corrected chi connectivity index (χ4v) is 6.06. The summed E-state index contributed by atoms with van der Waals surface area (Å²) in [5, 5.41) is 6.62. The van der Waals surface area contributed by atoms with Gasteiger partial charge in [-0.05, 0) is 67.1 Å². The van der Waals surface area contributed by atoms with Crippen molar-refractivity contribution in [1.29, 1.82) is 0 Å². The number of ether oxygens (including phenoxy) is 2. The molecule has 0 atom stereocenters. The second kappa shape index (κ2) is 13.8. The Balaban J connectivity index is 1.38. The zero-order valence-electron chi connectivity index (χ0n) is 26.3. The highest BCUT2D eigenvalue weighted by atomic mass is 16.5. The molecule has 0 saturated carbocycles. The number of carbonyl (C=O) groups excluding carboxylic acids is 1. The van der Waals surface area contributed by atoms with Gasteiger partial charge in [0.15, 0.2) is 11.5 Å². The summed E-state index contributed by atoms with van der Waals surface area (Å²) in [6.45, 7) is 4.82. The van der Waals surface area contributed by atoms with Gasteiger partial charge in [0.05, 0.1) is 30.2 Å². The van der Waals surface area contributed by atoms with Crippen LogP contribution in [-0.4, -0.2) is 19.1 Å². The summed E-state index contributed by atoms with van der Waals surface area (Å²) >= 11 is 0. The van der Waals surface area contributed by atoms with Crippen molar-refractivity contribution in [3.8, 4) is 11.5 Å². The molecule has 1 aliphatic rings. The maximum absolute atomic E-state index is 13.6. The molecule has 5 aromatic carbocycles. The van der Waals surface area contributed by atoms with Gasteiger partial charge < -0.3 is 25.8 Å². The first kappa shape index (κ1) is 30.7. The molecular weight excluding hydrogens is 570 g/mol. The molecule has 1 aliphatic heterocycles. The van der Waals surface area contributed by atoms with Crippen LogP contribution >= 0.6 is 0 Å². The number of carbonyl (C=O) groups is 1. The lowest BCUT2D eigenvalue weighted by atomic mass is 9.80. The molecule has 6 heteroatoms. The number of nitrogens with one attached hydrogen (secondary N) is 2. The highest BCUT2D eigenvalue weighted by Gasteiger charge is 2.31. The number of benzene rings is 5. The Hall–Kier alpha value is -5.33. The molecule has 46 heavy (non-hydrogen) atoms. The largest absolute Gasteiger partial charge is 0.490 e. The first-order chi connectivity index (χ1) is 22.5. The van der Waals surface area contributed by atoms with Crippen LogP contribution in [0.3, 0.4) is 0 Å². The average Bonchev–Trinajstić information content (AvgIpc) is 3.39. The monoisotopic (exact) mass is 609 g/mol. The lowest BCUT2D eigenvalue weighted by molar-refractivity contribution is -0.110. The van der Waals surface area contributed by atoms with Crippen LogP contribution in [0.2, 0.25) is 0 Å². The standard InChI is InChI=1S/C40H39N3O3/c1-3-45-35-24-33-34(25-36(35)46-4-2)43-39(44)37(33)38(30-18-12-7-13-19-30)42-32-22-20-31(21-23-32)40(41,26-28-14-8-5-9-15-28)27-29-16-10-6-11-17-29/h5-25,42H,3-4,26-27,41H2,1-2H3,(H,43,44)/b38-37-. The van der Waals surface area contributed by atoms with E-state index < -0.39 is 5.54 Å². The number of amides is 1. The summed E-state index contributed by atoms with van der Waals surface area (Å²) in [5.41, 5.74) is 14.5. The maximum Gasteiger partial charge on any atom is 0.258 e. The Morgan fingerprint density at radius 1 is 0.717 bits per heavy atom. The normalized spacial score (nSPS) is 13.5. The van der Waals surface area contributed by atoms with Gasteiger partial charge in [-0.15, -0.1) is 0 Å². The van der Waals surface area contributed by atoms with E-state index in [1.54, 1.807) is 0 Å². The van der Waals surface area contributed by atoms with Crippen LogP contribution in [0.1, 0.15) is 41.7 Å². The fraction of sp³-hybridized carbons (Fsp3) is 0.175. The third-order valence-electron chi connectivity index (χ3n) is 8.19. The predicted octanol–water partition coefficient (Wildman–Crippen LogP) is 8.06. The molecule has 5 aromatic rings. The van der Waals surface area contributed by atoms with Crippen molar-refractivity contribution in [2.75, 3.05) is 23.8 Å². The van der Waals surface area contributed by atoms with E-state index >= 15 is 0 Å². The van der Waals surface area contributed by atoms with E-state index in [1.165, 1.54) is 11.1 Å². The molecule has 4 N–H and O–H groups in total. The number of hydrogen-bond donors (Lipinski definition) is 3. The molecular formula is C40H39N3O3. The van der Waals surface area contributed by atoms with E-state index in [-0.39, 0.29) is 5.91 Å². The molecule has 232 valence electrons. The highest BCUT2D eigenvalue weighted by Crippen LogP contribution is 2.43. The van der Waals surface area contributed by atoms with Gasteiger partial charge >= 0.3 is 0 Å². The van der Waals surface area contributed by atoms with Crippen molar-refractivity contribution in [2.45, 2.75) is 32.2 Å². The highest BCUT2D eigenvalue weighted by molar-refractivity contribution is 6.37. The van der Waals surface area contributed by atoms with Crippen molar-refractivity contribution in [3.63, 3.8) is 0 Å². The van der Waals surface area contributed by atoms with Crippen molar-refractivity contribution in [2.24, 2.45) is 5.73 Å². The first-order valence-corrected chi connectivity index (χ1v) is 15.8. The molecule has 0 unspecified atom stereocenters. The van der Waals surface area contributed by atoms with Crippen LogP contribution in [0.25, 0.3) is 11.3 Å². The van der Waals surface area contributed by atoms with E-state index in [9.17, 15) is 4.79 Å². The van der Waals surface area contributed by atoms with Crippen LogP contribution in [-0.2, 0) is 23.2 Å². The Labute approximate surface area is 270 Å².